The molecular formula is C18H28FN3O2. The molecule has 0 saturated carbocycles. The fourth-order valence-corrected chi connectivity index (χ4v) is 2.85. The lowest BCUT2D eigenvalue weighted by atomic mass is 9.87. The number of carbonyl (C=O) groups excluding carboxylic acids is 1. The van der Waals surface area contributed by atoms with Crippen molar-refractivity contribution < 1.29 is 14.3 Å². The van der Waals surface area contributed by atoms with Crippen molar-refractivity contribution >= 4 is 11.6 Å². The van der Waals surface area contributed by atoms with Crippen molar-refractivity contribution in [2.24, 2.45) is 11.3 Å². The monoisotopic (exact) mass is 337 g/mol. The van der Waals surface area contributed by atoms with Gasteiger partial charge in [0.1, 0.15) is 5.82 Å². The first-order valence-electron chi connectivity index (χ1n) is 8.55. The third kappa shape index (κ3) is 5.83. The molecule has 24 heavy (non-hydrogen) atoms. The van der Waals surface area contributed by atoms with Crippen molar-refractivity contribution in [3.8, 4) is 0 Å². The number of aliphatic hydroxyl groups excluding tert-OH is 1. The topological polar surface area (TPSA) is 65.5 Å². The number of likely N-dealkylation sites (tertiary alicyclic amines) is 1. The number of carbonyl (C=O) groups is 1. The molecule has 1 aromatic rings. The van der Waals surface area contributed by atoms with Crippen LogP contribution in [0, 0.1) is 17.2 Å². The van der Waals surface area contributed by atoms with E-state index < -0.39 is 5.82 Å². The zero-order chi connectivity index (χ0) is 17.7. The second-order valence-corrected chi connectivity index (χ2v) is 7.77. The first kappa shape index (κ1) is 18.8. The van der Waals surface area contributed by atoms with Gasteiger partial charge in [-0.25, -0.2) is 4.39 Å². The van der Waals surface area contributed by atoms with E-state index in [1.54, 1.807) is 0 Å². The largest absolute Gasteiger partial charge is 0.391 e. The van der Waals surface area contributed by atoms with Crippen LogP contribution >= 0.6 is 0 Å². The van der Waals surface area contributed by atoms with Gasteiger partial charge >= 0.3 is 0 Å². The summed E-state index contributed by atoms with van der Waals surface area (Å²) in [5.74, 6) is -0.233. The zero-order valence-electron chi connectivity index (χ0n) is 14.8. The van der Waals surface area contributed by atoms with Crippen LogP contribution < -0.4 is 5.32 Å². The van der Waals surface area contributed by atoms with Crippen molar-refractivity contribution in [3.05, 3.63) is 24.3 Å². The highest BCUT2D eigenvalue weighted by Crippen LogP contribution is 2.24. The highest BCUT2D eigenvalue weighted by molar-refractivity contribution is 5.90. The Morgan fingerprint density at radius 3 is 2.67 bits per heavy atom. The number of nitrogens with zero attached hydrogens (tertiary/aromatic N) is 2. The van der Waals surface area contributed by atoms with Crippen LogP contribution in [0.5, 0.6) is 0 Å². The van der Waals surface area contributed by atoms with E-state index in [9.17, 15) is 14.3 Å². The Labute approximate surface area is 143 Å². The number of nitrogens with one attached hydrogen (secondary N) is 1. The van der Waals surface area contributed by atoms with Crippen LogP contribution in [0.15, 0.2) is 18.5 Å². The second-order valence-electron chi connectivity index (χ2n) is 7.77. The fourth-order valence-electron chi connectivity index (χ4n) is 2.85. The fraction of sp³-hybridized carbons (Fsp3) is 0.667. The Hall–Kier alpha value is -1.53. The van der Waals surface area contributed by atoms with E-state index in [1.807, 2.05) is 20.8 Å². The molecular weight excluding hydrogens is 309 g/mol. The van der Waals surface area contributed by atoms with Crippen molar-refractivity contribution in [1.29, 1.82) is 0 Å². The Balaban J connectivity index is 1.73. The summed E-state index contributed by atoms with van der Waals surface area (Å²) < 4.78 is 13.1. The van der Waals surface area contributed by atoms with E-state index in [4.69, 9.17) is 0 Å². The molecule has 134 valence electrons. The molecule has 2 rings (SSSR count). The second kappa shape index (κ2) is 8.03. The Morgan fingerprint density at radius 1 is 1.42 bits per heavy atom. The number of amides is 1. The first-order chi connectivity index (χ1) is 11.2. The van der Waals surface area contributed by atoms with Gasteiger partial charge in [0.25, 0.3) is 0 Å². The van der Waals surface area contributed by atoms with E-state index in [0.29, 0.717) is 24.6 Å². The molecule has 5 nitrogen and oxygen atoms in total. The smallest absolute Gasteiger partial charge is 0.224 e. The summed E-state index contributed by atoms with van der Waals surface area (Å²) >= 11 is 0. The highest BCUT2D eigenvalue weighted by atomic mass is 19.1. The number of halogens is 1. The number of pyridine rings is 1. The van der Waals surface area contributed by atoms with Gasteiger partial charge < -0.3 is 15.3 Å². The van der Waals surface area contributed by atoms with Crippen LogP contribution in [0.3, 0.4) is 0 Å². The maximum absolute atomic E-state index is 13.1. The Kier molecular flexibility index (Phi) is 6.29. The van der Waals surface area contributed by atoms with Gasteiger partial charge in [-0.3, -0.25) is 9.78 Å². The summed E-state index contributed by atoms with van der Waals surface area (Å²) in [6.45, 7) is 8.58. The van der Waals surface area contributed by atoms with Crippen molar-refractivity contribution in [3.63, 3.8) is 0 Å². The van der Waals surface area contributed by atoms with E-state index >= 15 is 0 Å². The van der Waals surface area contributed by atoms with Gasteiger partial charge in [-0.05, 0) is 37.3 Å². The van der Waals surface area contributed by atoms with Gasteiger partial charge in [-0.15, -0.1) is 0 Å². The normalized spacial score (nSPS) is 18.4. The van der Waals surface area contributed by atoms with Crippen LogP contribution in [0.2, 0.25) is 0 Å². The lowest BCUT2D eigenvalue weighted by Gasteiger charge is -2.36. The van der Waals surface area contributed by atoms with Gasteiger partial charge in [0.05, 0.1) is 24.2 Å². The zero-order valence-corrected chi connectivity index (χ0v) is 14.8. The standard InChI is InChI=1S/C18H28FN3O2/c1-18(2,3)16(23)12-22-6-4-13(5-7-22)8-17(24)21-15-9-14(19)10-20-11-15/h9-11,13,16,23H,4-8,12H2,1-3H3,(H,21,24). The van der Waals surface area contributed by atoms with Crippen LogP contribution in [-0.4, -0.2) is 46.6 Å². The minimum absolute atomic E-state index is 0.101. The number of hydrogen-bond donors (Lipinski definition) is 2. The molecule has 2 N–H and O–H groups in total. The number of piperidine rings is 1. The SMILES string of the molecule is CC(C)(C)C(O)CN1CCC(CC(=O)Nc2cncc(F)c2)CC1. The van der Waals surface area contributed by atoms with Gasteiger partial charge in [-0.1, -0.05) is 20.8 Å². The summed E-state index contributed by atoms with van der Waals surface area (Å²) in [5.41, 5.74) is 0.279. The van der Waals surface area contributed by atoms with Crippen LogP contribution in [0.25, 0.3) is 0 Å². The number of aliphatic hydroxyl groups is 1. The Bertz CT molecular complexity index is 551. The van der Waals surface area contributed by atoms with E-state index in [0.717, 1.165) is 32.1 Å². The Morgan fingerprint density at radius 2 is 2.08 bits per heavy atom. The third-order valence-corrected chi connectivity index (χ3v) is 4.60. The lowest BCUT2D eigenvalue weighted by Crippen LogP contribution is -2.43. The molecule has 1 aliphatic heterocycles. The molecule has 1 atom stereocenters. The van der Waals surface area contributed by atoms with Gasteiger partial charge in [0.15, 0.2) is 0 Å². The van der Waals surface area contributed by atoms with Gasteiger partial charge in [-0.2, -0.15) is 0 Å². The van der Waals surface area contributed by atoms with Crippen molar-refractivity contribution in [2.45, 2.75) is 46.1 Å². The number of aromatic nitrogens is 1. The molecule has 1 aromatic heterocycles. The maximum atomic E-state index is 13.1. The predicted molar refractivity (Wildman–Crippen MR) is 92.1 cm³/mol. The van der Waals surface area contributed by atoms with E-state index in [-0.39, 0.29) is 17.4 Å². The summed E-state index contributed by atoms with van der Waals surface area (Å²) in [4.78, 5) is 18.1. The quantitative estimate of drug-likeness (QED) is 0.867. The molecule has 1 amide bonds. The van der Waals surface area contributed by atoms with E-state index in [1.165, 1.54) is 12.3 Å². The van der Waals surface area contributed by atoms with Crippen LogP contribution in [0.4, 0.5) is 10.1 Å². The molecule has 0 spiro atoms. The number of hydrogen-bond acceptors (Lipinski definition) is 4. The third-order valence-electron chi connectivity index (χ3n) is 4.60. The molecule has 0 bridgehead atoms. The van der Waals surface area contributed by atoms with Crippen LogP contribution in [-0.2, 0) is 4.79 Å². The average Bonchev–Trinajstić information content (AvgIpc) is 2.48. The van der Waals surface area contributed by atoms with Gasteiger partial charge in [0, 0.05) is 19.0 Å². The molecule has 0 aliphatic carbocycles. The molecule has 1 unspecified atom stereocenters. The van der Waals surface area contributed by atoms with Crippen LogP contribution in [0.1, 0.15) is 40.0 Å². The molecule has 2 heterocycles. The molecule has 6 heteroatoms. The molecule has 1 fully saturated rings. The average molecular weight is 337 g/mol. The number of rotatable bonds is 5. The lowest BCUT2D eigenvalue weighted by molar-refractivity contribution is -0.117. The molecule has 1 saturated heterocycles. The molecule has 0 radical (unpaired) electrons. The summed E-state index contributed by atoms with van der Waals surface area (Å²) in [6, 6.07) is 1.27. The minimum Gasteiger partial charge on any atom is -0.391 e. The van der Waals surface area contributed by atoms with Gasteiger partial charge in [0.2, 0.25) is 5.91 Å². The minimum atomic E-state index is -0.460. The van der Waals surface area contributed by atoms with Crippen molar-refractivity contribution in [1.82, 2.24) is 9.88 Å². The summed E-state index contributed by atoms with van der Waals surface area (Å²) in [7, 11) is 0. The first-order valence-corrected chi connectivity index (χ1v) is 8.55. The highest BCUT2D eigenvalue weighted by Gasteiger charge is 2.27. The number of anilines is 1. The molecule has 0 aromatic carbocycles. The number of β-amino-alcohol motifs (C(OH)–C–C–N with tert-alkyl or cyclic N) is 1. The summed E-state index contributed by atoms with van der Waals surface area (Å²) in [6.07, 6.45) is 4.51. The molecule has 1 aliphatic rings. The van der Waals surface area contributed by atoms with E-state index in [2.05, 4.69) is 15.2 Å². The maximum Gasteiger partial charge on any atom is 0.224 e. The van der Waals surface area contributed by atoms with Crippen molar-refractivity contribution in [2.75, 3.05) is 25.0 Å². The summed E-state index contributed by atoms with van der Waals surface area (Å²) in [5, 5.41) is 12.9. The predicted octanol–water partition coefficient (Wildman–Crippen LogP) is 2.67.